The molecule has 172 valence electrons. The molecule has 5 nitrogen and oxygen atoms in total. The molecule has 0 bridgehead atoms. The molecule has 0 aromatic heterocycles. The molecule has 1 saturated carbocycles. The molecule has 0 radical (unpaired) electrons. The largest absolute Gasteiger partial charge is 0.416 e. The minimum Gasteiger partial charge on any atom is -0.353 e. The highest BCUT2D eigenvalue weighted by Crippen LogP contribution is 2.42. The lowest BCUT2D eigenvalue weighted by Crippen LogP contribution is -2.57. The van der Waals surface area contributed by atoms with Gasteiger partial charge in [0, 0.05) is 18.7 Å². The summed E-state index contributed by atoms with van der Waals surface area (Å²) in [6, 6.07) is 3.45. The first-order chi connectivity index (χ1) is 14.7. The topological polar surface area (TPSA) is 49.9 Å². The van der Waals surface area contributed by atoms with Crippen LogP contribution < -0.4 is 0 Å². The van der Waals surface area contributed by atoms with Crippen molar-refractivity contribution in [2.45, 2.75) is 76.7 Å². The normalized spacial score (nSPS) is 20.8. The Morgan fingerprint density at radius 1 is 1.06 bits per heavy atom. The number of nitrogens with zero attached hydrogens (tertiary/aromatic N) is 2. The van der Waals surface area contributed by atoms with Crippen LogP contribution in [-0.4, -0.2) is 53.1 Å². The van der Waals surface area contributed by atoms with Crippen molar-refractivity contribution in [1.82, 2.24) is 9.80 Å². The zero-order chi connectivity index (χ0) is 22.6. The Morgan fingerprint density at radius 3 is 2.16 bits per heavy atom. The summed E-state index contributed by atoms with van der Waals surface area (Å²) < 4.78 is 45.0. The number of rotatable bonds is 6. The van der Waals surface area contributed by atoms with Gasteiger partial charge in [-0.25, -0.2) is 0 Å². The fraction of sp³-hybridized carbons (Fsp3) is 0.652. The first kappa shape index (κ1) is 23.6. The van der Waals surface area contributed by atoms with E-state index < -0.39 is 29.4 Å². The summed E-state index contributed by atoms with van der Waals surface area (Å²) in [4.78, 5) is 30.2. The fourth-order valence-electron chi connectivity index (χ4n) is 4.68. The second kappa shape index (κ2) is 9.59. The highest BCUT2D eigenvalue weighted by atomic mass is 19.4. The molecule has 31 heavy (non-hydrogen) atoms. The van der Waals surface area contributed by atoms with Crippen molar-refractivity contribution < 1.29 is 27.5 Å². The number of hydrogen-bond acceptors (Lipinski definition) is 3. The lowest BCUT2D eigenvalue weighted by molar-refractivity contribution is -0.137. The van der Waals surface area contributed by atoms with Crippen LogP contribution in [0.25, 0.3) is 0 Å². The minimum atomic E-state index is -4.47. The van der Waals surface area contributed by atoms with Crippen molar-refractivity contribution in [1.29, 1.82) is 0 Å². The number of benzene rings is 1. The summed E-state index contributed by atoms with van der Waals surface area (Å²) >= 11 is 0. The second-order valence-corrected chi connectivity index (χ2v) is 8.41. The van der Waals surface area contributed by atoms with Gasteiger partial charge in [-0.05, 0) is 62.8 Å². The molecule has 1 aromatic carbocycles. The number of carbonyl (C=O) groups excluding carboxylic acids is 2. The van der Waals surface area contributed by atoms with E-state index in [1.165, 1.54) is 17.0 Å². The van der Waals surface area contributed by atoms with E-state index in [-0.39, 0.29) is 18.1 Å². The average Bonchev–Trinajstić information content (AvgIpc) is 3.10. The van der Waals surface area contributed by atoms with E-state index in [0.29, 0.717) is 25.9 Å². The first-order valence-corrected chi connectivity index (χ1v) is 11.2. The Labute approximate surface area is 181 Å². The van der Waals surface area contributed by atoms with Crippen LogP contribution in [0.3, 0.4) is 0 Å². The average molecular weight is 441 g/mol. The molecule has 1 spiro atoms. The lowest BCUT2D eigenvalue weighted by Gasteiger charge is -2.42. The second-order valence-electron chi connectivity index (χ2n) is 8.41. The van der Waals surface area contributed by atoms with Crippen LogP contribution in [0, 0.1) is 0 Å². The van der Waals surface area contributed by atoms with Gasteiger partial charge in [0.1, 0.15) is 11.8 Å². The molecule has 2 fully saturated rings. The van der Waals surface area contributed by atoms with Gasteiger partial charge in [0.05, 0.1) is 12.2 Å². The van der Waals surface area contributed by atoms with E-state index in [4.69, 9.17) is 4.74 Å². The Hall–Kier alpha value is -2.09. The maximum absolute atomic E-state index is 13.5. The van der Waals surface area contributed by atoms with E-state index >= 15 is 0 Å². The van der Waals surface area contributed by atoms with Gasteiger partial charge in [0.2, 0.25) is 5.91 Å². The molecule has 1 heterocycles. The standard InChI is InChI=1S/C23H31F3N2O3/c1-3-14-27(15-4-2)21(30)19-16-31-22(12-6-5-7-13-22)28(19)20(29)17-8-10-18(11-9-17)23(24,25)26/h8-11,19H,3-7,12-16H2,1-2H3. The van der Waals surface area contributed by atoms with Crippen LogP contribution >= 0.6 is 0 Å². The van der Waals surface area contributed by atoms with E-state index in [9.17, 15) is 22.8 Å². The zero-order valence-corrected chi connectivity index (χ0v) is 18.2. The maximum Gasteiger partial charge on any atom is 0.416 e. The third-order valence-corrected chi connectivity index (χ3v) is 6.16. The Balaban J connectivity index is 1.93. The summed E-state index contributed by atoms with van der Waals surface area (Å²) in [5.41, 5.74) is -1.53. The van der Waals surface area contributed by atoms with Crippen LogP contribution in [0.2, 0.25) is 0 Å². The molecule has 1 saturated heterocycles. The van der Waals surface area contributed by atoms with Crippen LogP contribution in [0.1, 0.15) is 74.7 Å². The number of hydrogen-bond donors (Lipinski definition) is 0. The van der Waals surface area contributed by atoms with Gasteiger partial charge in [-0.1, -0.05) is 20.3 Å². The molecule has 1 unspecified atom stereocenters. The van der Waals surface area contributed by atoms with Crippen LogP contribution in [0.4, 0.5) is 13.2 Å². The van der Waals surface area contributed by atoms with Crippen molar-refractivity contribution in [3.63, 3.8) is 0 Å². The van der Waals surface area contributed by atoms with Gasteiger partial charge in [-0.3, -0.25) is 14.5 Å². The van der Waals surface area contributed by atoms with Crippen molar-refractivity contribution in [3.05, 3.63) is 35.4 Å². The Morgan fingerprint density at radius 2 is 1.65 bits per heavy atom. The molecule has 1 aliphatic heterocycles. The Bertz CT molecular complexity index is 767. The number of carbonyl (C=O) groups is 2. The summed E-state index contributed by atoms with van der Waals surface area (Å²) in [7, 11) is 0. The molecule has 1 aliphatic carbocycles. The summed E-state index contributed by atoms with van der Waals surface area (Å²) in [5, 5.41) is 0. The van der Waals surface area contributed by atoms with E-state index in [2.05, 4.69) is 0 Å². The number of halogens is 3. The molecular formula is C23H31F3N2O3. The van der Waals surface area contributed by atoms with E-state index in [1.54, 1.807) is 4.90 Å². The van der Waals surface area contributed by atoms with Crippen molar-refractivity contribution in [2.75, 3.05) is 19.7 Å². The van der Waals surface area contributed by atoms with Crippen molar-refractivity contribution in [2.24, 2.45) is 0 Å². The zero-order valence-electron chi connectivity index (χ0n) is 18.2. The molecule has 2 amide bonds. The molecule has 8 heteroatoms. The minimum absolute atomic E-state index is 0.120. The molecule has 0 N–H and O–H groups in total. The molecule has 3 rings (SSSR count). The fourth-order valence-corrected chi connectivity index (χ4v) is 4.68. The van der Waals surface area contributed by atoms with Crippen molar-refractivity contribution >= 4 is 11.8 Å². The molecule has 1 atom stereocenters. The van der Waals surface area contributed by atoms with Gasteiger partial charge in [0.25, 0.3) is 5.91 Å². The first-order valence-electron chi connectivity index (χ1n) is 11.2. The van der Waals surface area contributed by atoms with E-state index in [0.717, 1.165) is 44.2 Å². The monoisotopic (exact) mass is 440 g/mol. The lowest BCUT2D eigenvalue weighted by atomic mass is 9.89. The maximum atomic E-state index is 13.5. The van der Waals surface area contributed by atoms with Gasteiger partial charge in [-0.15, -0.1) is 0 Å². The predicted molar refractivity (Wildman–Crippen MR) is 110 cm³/mol. The van der Waals surface area contributed by atoms with Crippen LogP contribution in [0.15, 0.2) is 24.3 Å². The summed E-state index contributed by atoms with van der Waals surface area (Å²) in [6.07, 6.45) is 1.19. The number of amides is 2. The highest BCUT2D eigenvalue weighted by Gasteiger charge is 2.53. The van der Waals surface area contributed by atoms with Crippen molar-refractivity contribution in [3.8, 4) is 0 Å². The van der Waals surface area contributed by atoms with Gasteiger partial charge in [-0.2, -0.15) is 13.2 Å². The van der Waals surface area contributed by atoms with Gasteiger partial charge >= 0.3 is 6.18 Å². The van der Waals surface area contributed by atoms with Crippen LogP contribution in [0.5, 0.6) is 0 Å². The summed E-state index contributed by atoms with van der Waals surface area (Å²) in [6.45, 7) is 5.30. The Kier molecular flexibility index (Phi) is 7.29. The number of alkyl halides is 3. The predicted octanol–water partition coefficient (Wildman–Crippen LogP) is 4.86. The van der Waals surface area contributed by atoms with Crippen LogP contribution in [-0.2, 0) is 15.7 Å². The third-order valence-electron chi connectivity index (χ3n) is 6.16. The highest BCUT2D eigenvalue weighted by molar-refractivity contribution is 5.98. The summed E-state index contributed by atoms with van der Waals surface area (Å²) in [5.74, 6) is -0.592. The number of ether oxygens (including phenoxy) is 1. The molecular weight excluding hydrogens is 409 g/mol. The SMILES string of the molecule is CCCN(CCC)C(=O)C1COC2(CCCCC2)N1C(=O)c1ccc(C(F)(F)F)cc1. The smallest absolute Gasteiger partial charge is 0.353 e. The third kappa shape index (κ3) is 4.89. The quantitative estimate of drug-likeness (QED) is 0.635. The van der Waals surface area contributed by atoms with Gasteiger partial charge in [0.15, 0.2) is 0 Å². The van der Waals surface area contributed by atoms with Gasteiger partial charge < -0.3 is 9.64 Å². The van der Waals surface area contributed by atoms with E-state index in [1.807, 2.05) is 13.8 Å². The molecule has 1 aromatic rings. The molecule has 2 aliphatic rings.